The topological polar surface area (TPSA) is 91.3 Å². The second-order valence-corrected chi connectivity index (χ2v) is 8.91. The lowest BCUT2D eigenvalue weighted by Gasteiger charge is -2.36. The first kappa shape index (κ1) is 28.2. The highest BCUT2D eigenvalue weighted by atomic mass is 16.5. The van der Waals surface area contributed by atoms with Crippen molar-refractivity contribution >= 4 is 17.6 Å². The van der Waals surface area contributed by atoms with Gasteiger partial charge in [0.15, 0.2) is 5.82 Å². The minimum atomic E-state index is -0.00553. The molecule has 10 nitrogen and oxygen atoms in total. The van der Waals surface area contributed by atoms with E-state index in [4.69, 9.17) is 9.47 Å². The molecular formula is C27H40N6O4. The lowest BCUT2D eigenvalue weighted by molar-refractivity contribution is -0.140. The summed E-state index contributed by atoms with van der Waals surface area (Å²) >= 11 is 0. The Balaban J connectivity index is 1.57. The zero-order chi connectivity index (χ0) is 26.8. The minimum Gasteiger partial charge on any atom is -0.497 e. The van der Waals surface area contributed by atoms with Crippen molar-refractivity contribution in [3.05, 3.63) is 30.3 Å². The molecule has 0 unspecified atom stereocenters. The van der Waals surface area contributed by atoms with Gasteiger partial charge >= 0.3 is 0 Å². The summed E-state index contributed by atoms with van der Waals surface area (Å²) in [6.07, 6.45) is 0.399. The zero-order valence-electron chi connectivity index (χ0n) is 22.8. The monoisotopic (exact) mass is 512 g/mol. The van der Waals surface area contributed by atoms with Crippen LogP contribution in [0.5, 0.6) is 11.5 Å². The predicted octanol–water partition coefficient (Wildman–Crippen LogP) is 2.39. The van der Waals surface area contributed by atoms with Crippen LogP contribution < -0.4 is 14.4 Å². The summed E-state index contributed by atoms with van der Waals surface area (Å²) in [5.41, 5.74) is 1.55. The molecule has 1 aliphatic heterocycles. The molecular weight excluding hydrogens is 472 g/mol. The van der Waals surface area contributed by atoms with Gasteiger partial charge in [-0.2, -0.15) is 0 Å². The average molecular weight is 513 g/mol. The van der Waals surface area contributed by atoms with Gasteiger partial charge in [-0.15, -0.1) is 10.2 Å². The van der Waals surface area contributed by atoms with E-state index < -0.39 is 0 Å². The summed E-state index contributed by atoms with van der Waals surface area (Å²) in [5.74, 6) is 2.16. The summed E-state index contributed by atoms with van der Waals surface area (Å²) in [6.45, 7) is 11.9. The zero-order valence-corrected chi connectivity index (χ0v) is 22.8. The summed E-state index contributed by atoms with van der Waals surface area (Å²) < 4.78 is 10.8. The van der Waals surface area contributed by atoms with Crippen LogP contribution in [0, 0.1) is 0 Å². The van der Waals surface area contributed by atoms with Crippen LogP contribution in [0.25, 0.3) is 11.3 Å². The van der Waals surface area contributed by atoms with Crippen molar-refractivity contribution in [2.75, 3.05) is 78.0 Å². The number of likely N-dealkylation sites (N-methyl/N-ethyl adjacent to an activating group) is 1. The van der Waals surface area contributed by atoms with Gasteiger partial charge in [0.2, 0.25) is 11.8 Å². The molecule has 37 heavy (non-hydrogen) atoms. The smallest absolute Gasteiger partial charge is 0.242 e. The maximum atomic E-state index is 13.0. The lowest BCUT2D eigenvalue weighted by atomic mass is 10.1. The molecule has 2 aromatic rings. The van der Waals surface area contributed by atoms with Crippen LogP contribution >= 0.6 is 0 Å². The molecule has 0 radical (unpaired) electrons. The number of amides is 2. The van der Waals surface area contributed by atoms with E-state index in [1.54, 1.807) is 19.1 Å². The summed E-state index contributed by atoms with van der Waals surface area (Å²) in [7, 11) is 3.23. The first-order chi connectivity index (χ1) is 17.9. The van der Waals surface area contributed by atoms with Crippen molar-refractivity contribution in [2.45, 2.75) is 27.2 Å². The van der Waals surface area contributed by atoms with Crippen molar-refractivity contribution in [1.29, 1.82) is 0 Å². The first-order valence-electron chi connectivity index (χ1n) is 13.0. The predicted molar refractivity (Wildman–Crippen MR) is 144 cm³/mol. The molecule has 1 saturated heterocycles. The quantitative estimate of drug-likeness (QED) is 0.428. The normalized spacial score (nSPS) is 13.6. The molecule has 10 heteroatoms. The second kappa shape index (κ2) is 13.8. The van der Waals surface area contributed by atoms with Crippen molar-refractivity contribution < 1.29 is 19.1 Å². The fourth-order valence-electron chi connectivity index (χ4n) is 4.41. The Morgan fingerprint density at radius 1 is 0.919 bits per heavy atom. The molecule has 2 heterocycles. The molecule has 3 rings (SSSR count). The van der Waals surface area contributed by atoms with Crippen molar-refractivity contribution in [1.82, 2.24) is 24.9 Å². The Kier molecular flexibility index (Phi) is 10.5. The number of hydrogen-bond acceptors (Lipinski definition) is 8. The number of piperazine rings is 1. The molecule has 0 saturated carbocycles. The number of nitrogens with zero attached hydrogens (tertiary/aromatic N) is 6. The Morgan fingerprint density at radius 2 is 1.65 bits per heavy atom. The molecule has 0 atom stereocenters. The van der Waals surface area contributed by atoms with Crippen molar-refractivity contribution in [3.8, 4) is 22.8 Å². The first-order valence-corrected chi connectivity index (χ1v) is 13.0. The number of rotatable bonds is 12. The summed E-state index contributed by atoms with van der Waals surface area (Å²) in [4.78, 5) is 33.4. The van der Waals surface area contributed by atoms with Gasteiger partial charge < -0.3 is 29.1 Å². The van der Waals surface area contributed by atoms with E-state index in [1.165, 1.54) is 0 Å². The van der Waals surface area contributed by atoms with E-state index in [0.717, 1.165) is 31.0 Å². The second-order valence-electron chi connectivity index (χ2n) is 8.91. The van der Waals surface area contributed by atoms with E-state index in [2.05, 4.69) is 33.8 Å². The van der Waals surface area contributed by atoms with Gasteiger partial charge in [0.25, 0.3) is 0 Å². The Labute approximate surface area is 220 Å². The van der Waals surface area contributed by atoms with Gasteiger partial charge in [0, 0.05) is 57.3 Å². The lowest BCUT2D eigenvalue weighted by Crippen LogP contribution is -2.52. The maximum Gasteiger partial charge on any atom is 0.242 e. The summed E-state index contributed by atoms with van der Waals surface area (Å²) in [5, 5.41) is 8.85. The van der Waals surface area contributed by atoms with E-state index >= 15 is 0 Å². The van der Waals surface area contributed by atoms with Gasteiger partial charge in [-0.1, -0.05) is 20.8 Å². The highest BCUT2D eigenvalue weighted by molar-refractivity contribution is 5.85. The van der Waals surface area contributed by atoms with Crippen LogP contribution in [-0.4, -0.2) is 110 Å². The number of aromatic nitrogens is 2. The molecule has 1 aromatic carbocycles. The van der Waals surface area contributed by atoms with Gasteiger partial charge in [-0.3, -0.25) is 9.59 Å². The third kappa shape index (κ3) is 7.31. The fourth-order valence-corrected chi connectivity index (χ4v) is 4.41. The molecule has 202 valence electrons. The fraction of sp³-hybridized carbons (Fsp3) is 0.556. The molecule has 2 amide bonds. The van der Waals surface area contributed by atoms with Crippen molar-refractivity contribution in [2.24, 2.45) is 0 Å². The van der Waals surface area contributed by atoms with Gasteiger partial charge in [0.05, 0.1) is 26.5 Å². The molecule has 1 aliphatic rings. The van der Waals surface area contributed by atoms with Crippen molar-refractivity contribution in [3.63, 3.8) is 0 Å². The van der Waals surface area contributed by atoms with E-state index in [9.17, 15) is 9.59 Å². The van der Waals surface area contributed by atoms with Crippen LogP contribution in [0.3, 0.4) is 0 Å². The summed E-state index contributed by atoms with van der Waals surface area (Å²) in [6, 6.07) is 9.45. The number of carbonyl (C=O) groups excluding carboxylic acids is 2. The Morgan fingerprint density at radius 3 is 2.22 bits per heavy atom. The van der Waals surface area contributed by atoms with Gasteiger partial charge in [-0.25, -0.2) is 0 Å². The van der Waals surface area contributed by atoms with E-state index in [0.29, 0.717) is 56.3 Å². The number of carbonyl (C=O) groups is 2. The molecule has 1 aromatic heterocycles. The molecule has 1 fully saturated rings. The molecule has 0 N–H and O–H groups in total. The van der Waals surface area contributed by atoms with Crippen LogP contribution in [0.15, 0.2) is 30.3 Å². The Hall–Kier alpha value is -3.40. The SMILES string of the molecule is CCC(=O)N(CCN(CC)CC)CC(=O)N1CCN(c2ccc(-c3ccc(OC)cc3OC)nn2)CC1. The number of anilines is 1. The molecule has 0 spiro atoms. The highest BCUT2D eigenvalue weighted by Gasteiger charge is 2.25. The van der Waals surface area contributed by atoms with Gasteiger partial charge in [-0.05, 0) is 37.4 Å². The van der Waals surface area contributed by atoms with Crippen LogP contribution in [0.1, 0.15) is 27.2 Å². The Bertz CT molecular complexity index is 1020. The number of hydrogen-bond donors (Lipinski definition) is 0. The maximum absolute atomic E-state index is 13.0. The van der Waals surface area contributed by atoms with E-state index in [-0.39, 0.29) is 18.4 Å². The van der Waals surface area contributed by atoms with Crippen LogP contribution in [-0.2, 0) is 9.59 Å². The number of benzene rings is 1. The standard InChI is InChI=1S/C27H40N6O4/c1-6-26(34)33(14-13-30(7-2)8-3)20-27(35)32-17-15-31(16-18-32)25-12-11-23(28-29-25)22-10-9-21(36-4)19-24(22)37-5/h9-12,19H,6-8,13-18,20H2,1-5H3. The molecule has 0 aliphatic carbocycles. The highest BCUT2D eigenvalue weighted by Crippen LogP contribution is 2.32. The average Bonchev–Trinajstić information content (AvgIpc) is 2.96. The third-order valence-electron chi connectivity index (χ3n) is 6.85. The number of ether oxygens (including phenoxy) is 2. The minimum absolute atomic E-state index is 0.00553. The molecule has 0 bridgehead atoms. The van der Waals surface area contributed by atoms with E-state index in [1.807, 2.05) is 42.2 Å². The van der Waals surface area contributed by atoms with Gasteiger partial charge in [0.1, 0.15) is 11.5 Å². The third-order valence-corrected chi connectivity index (χ3v) is 6.85. The number of methoxy groups -OCH3 is 2. The largest absolute Gasteiger partial charge is 0.497 e. The van der Waals surface area contributed by atoms with Crippen LogP contribution in [0.4, 0.5) is 5.82 Å². The van der Waals surface area contributed by atoms with Crippen LogP contribution in [0.2, 0.25) is 0 Å².